The highest BCUT2D eigenvalue weighted by Crippen LogP contribution is 2.50. The van der Waals surface area contributed by atoms with Crippen LogP contribution in [-0.2, 0) is 9.59 Å². The quantitative estimate of drug-likeness (QED) is 0.850. The molecule has 6 heteroatoms. The number of ether oxygens (including phenoxy) is 1. The number of nitrogens with two attached hydrogens (primary N) is 1. The van der Waals surface area contributed by atoms with Crippen LogP contribution >= 0.6 is 11.9 Å². The highest BCUT2D eigenvalue weighted by molar-refractivity contribution is 7.97. The Morgan fingerprint density at radius 1 is 1.45 bits per heavy atom. The molecule has 1 spiro atoms. The maximum absolute atomic E-state index is 13.3. The van der Waals surface area contributed by atoms with Gasteiger partial charge in [0.2, 0.25) is 0 Å². The summed E-state index contributed by atoms with van der Waals surface area (Å²) >= 11 is 1.36. The monoisotopic (exact) mass is 297 g/mol. The Hall–Kier alpha value is -1.36. The summed E-state index contributed by atoms with van der Waals surface area (Å²) in [7, 11) is 0. The second-order valence-electron chi connectivity index (χ2n) is 5.14. The zero-order chi connectivity index (χ0) is 14.6. The molecule has 2 aliphatic rings. The van der Waals surface area contributed by atoms with Crippen molar-refractivity contribution in [1.82, 2.24) is 0 Å². The van der Waals surface area contributed by atoms with E-state index >= 15 is 0 Å². The van der Waals surface area contributed by atoms with E-state index in [0.29, 0.717) is 5.92 Å². The van der Waals surface area contributed by atoms with Gasteiger partial charge in [-0.1, -0.05) is 18.0 Å². The molecule has 1 aromatic carbocycles. The van der Waals surface area contributed by atoms with E-state index in [2.05, 4.69) is 0 Å². The molecule has 0 unspecified atom stereocenters. The van der Waals surface area contributed by atoms with Gasteiger partial charge in [-0.15, -0.1) is 0 Å². The fourth-order valence-corrected chi connectivity index (χ4v) is 3.44. The first-order valence-corrected chi connectivity index (χ1v) is 7.48. The predicted octanol–water partition coefficient (Wildman–Crippen LogP) is 2.64. The van der Waals surface area contributed by atoms with Crippen molar-refractivity contribution in [3.8, 4) is 5.75 Å². The van der Waals surface area contributed by atoms with Crippen molar-refractivity contribution < 1.29 is 18.7 Å². The minimum Gasteiger partial charge on any atom is -0.487 e. The van der Waals surface area contributed by atoms with E-state index in [4.69, 9.17) is 19.5 Å². The zero-order valence-corrected chi connectivity index (χ0v) is 11.7. The molecule has 3 rings (SSSR count). The van der Waals surface area contributed by atoms with E-state index in [9.17, 15) is 4.39 Å². The van der Waals surface area contributed by atoms with E-state index in [1.54, 1.807) is 0 Å². The van der Waals surface area contributed by atoms with Crippen molar-refractivity contribution in [2.75, 3.05) is 5.75 Å². The Kier molecular flexibility index (Phi) is 4.81. The summed E-state index contributed by atoms with van der Waals surface area (Å²) < 4.78 is 19.3. The third kappa shape index (κ3) is 3.03. The van der Waals surface area contributed by atoms with E-state index in [1.165, 1.54) is 30.5 Å². The highest BCUT2D eigenvalue weighted by Gasteiger charge is 2.45. The smallest absolute Gasteiger partial charge is 0.373 e. The van der Waals surface area contributed by atoms with Gasteiger partial charge in [0.25, 0.3) is 0 Å². The third-order valence-corrected chi connectivity index (χ3v) is 4.52. The molecule has 0 bridgehead atoms. The van der Waals surface area contributed by atoms with Crippen LogP contribution in [0, 0.1) is 5.82 Å². The van der Waals surface area contributed by atoms with Gasteiger partial charge < -0.3 is 4.74 Å². The Balaban J connectivity index is 0.000000452. The van der Waals surface area contributed by atoms with Gasteiger partial charge in [-0.2, -0.15) is 9.59 Å². The van der Waals surface area contributed by atoms with Crippen molar-refractivity contribution >= 4 is 18.1 Å². The topological polar surface area (TPSA) is 69.4 Å². The SMILES string of the molecule is NSC[C@H]1CC2(CCC2)Oc2cc(F)ccc21.O=C=O. The summed E-state index contributed by atoms with van der Waals surface area (Å²) in [6.45, 7) is 0. The average molecular weight is 297 g/mol. The van der Waals surface area contributed by atoms with Gasteiger partial charge >= 0.3 is 6.15 Å². The van der Waals surface area contributed by atoms with Crippen molar-refractivity contribution in [2.45, 2.75) is 37.2 Å². The molecule has 0 radical (unpaired) electrons. The molecule has 2 N–H and O–H groups in total. The highest BCUT2D eigenvalue weighted by atomic mass is 32.2. The molecule has 1 aliphatic carbocycles. The molecule has 1 atom stereocenters. The molecule has 1 heterocycles. The van der Waals surface area contributed by atoms with Crippen LogP contribution in [0.3, 0.4) is 0 Å². The van der Waals surface area contributed by atoms with Crippen LogP contribution in [0.15, 0.2) is 18.2 Å². The van der Waals surface area contributed by atoms with E-state index < -0.39 is 0 Å². The number of rotatable bonds is 2. The second kappa shape index (κ2) is 6.39. The van der Waals surface area contributed by atoms with Crippen LogP contribution in [0.4, 0.5) is 4.39 Å². The van der Waals surface area contributed by atoms with Crippen molar-refractivity contribution in [2.24, 2.45) is 5.14 Å². The van der Waals surface area contributed by atoms with Gasteiger partial charge in [0.05, 0.1) is 0 Å². The molecular weight excluding hydrogens is 281 g/mol. The van der Waals surface area contributed by atoms with E-state index in [0.717, 1.165) is 36.3 Å². The Labute approximate surface area is 121 Å². The molecule has 1 saturated carbocycles. The fourth-order valence-electron chi connectivity index (χ4n) is 2.91. The summed E-state index contributed by atoms with van der Waals surface area (Å²) in [6, 6.07) is 4.87. The first kappa shape index (κ1) is 15.0. The molecule has 4 nitrogen and oxygen atoms in total. The van der Waals surface area contributed by atoms with Crippen LogP contribution < -0.4 is 9.88 Å². The number of carbonyl (C=O) groups excluding carboxylic acids is 2. The fraction of sp³-hybridized carbons (Fsp3) is 0.500. The summed E-state index contributed by atoms with van der Waals surface area (Å²) in [4.78, 5) is 16.2. The molecule has 20 heavy (non-hydrogen) atoms. The molecule has 1 fully saturated rings. The number of hydrogen-bond donors (Lipinski definition) is 1. The van der Waals surface area contributed by atoms with Gasteiger partial charge in [0, 0.05) is 17.7 Å². The zero-order valence-electron chi connectivity index (χ0n) is 10.9. The first-order chi connectivity index (χ1) is 9.64. The van der Waals surface area contributed by atoms with E-state index in [1.807, 2.05) is 6.07 Å². The van der Waals surface area contributed by atoms with Crippen LogP contribution in [0.1, 0.15) is 37.2 Å². The van der Waals surface area contributed by atoms with Gasteiger partial charge in [0.15, 0.2) is 0 Å². The van der Waals surface area contributed by atoms with Crippen LogP contribution in [0.2, 0.25) is 0 Å². The molecule has 0 aromatic heterocycles. The maximum atomic E-state index is 13.3. The number of hydrogen-bond acceptors (Lipinski definition) is 5. The van der Waals surface area contributed by atoms with Crippen LogP contribution in [0.5, 0.6) is 5.75 Å². The lowest BCUT2D eigenvalue weighted by atomic mass is 9.71. The Morgan fingerprint density at radius 3 is 2.70 bits per heavy atom. The van der Waals surface area contributed by atoms with Gasteiger partial charge in [-0.3, -0.25) is 5.14 Å². The minimum atomic E-state index is -0.223. The van der Waals surface area contributed by atoms with Crippen molar-refractivity contribution in [1.29, 1.82) is 0 Å². The minimum absolute atomic E-state index is 0.0266. The maximum Gasteiger partial charge on any atom is 0.373 e. The molecular formula is C14H16FNO3S. The summed E-state index contributed by atoms with van der Waals surface area (Å²) in [5, 5.41) is 5.60. The lowest BCUT2D eigenvalue weighted by Gasteiger charge is -2.47. The second-order valence-corrected chi connectivity index (χ2v) is 5.81. The lowest BCUT2D eigenvalue weighted by Crippen LogP contribution is -2.47. The average Bonchev–Trinajstić information content (AvgIpc) is 2.37. The summed E-state index contributed by atoms with van der Waals surface area (Å²) in [5.41, 5.74) is 1.09. The largest absolute Gasteiger partial charge is 0.487 e. The number of fused-ring (bicyclic) bond motifs is 1. The van der Waals surface area contributed by atoms with Gasteiger partial charge in [-0.05, 0) is 37.3 Å². The normalized spacial score (nSPS) is 21.6. The Bertz CT molecular complexity index is 513. The van der Waals surface area contributed by atoms with Crippen LogP contribution in [0.25, 0.3) is 0 Å². The number of benzene rings is 1. The number of halogens is 1. The van der Waals surface area contributed by atoms with E-state index in [-0.39, 0.29) is 17.6 Å². The standard InChI is InChI=1S/C13H16FNOS.CO2/c14-10-2-3-11-9(8-17-15)7-13(4-1-5-13)16-12(11)6-10;2-1-3/h2-3,6,9H,1,4-5,7-8,15H2;/t9-;/m1./s1. The predicted molar refractivity (Wildman–Crippen MR) is 72.6 cm³/mol. The van der Waals surface area contributed by atoms with Gasteiger partial charge in [-0.25, -0.2) is 4.39 Å². The molecule has 0 amide bonds. The van der Waals surface area contributed by atoms with Crippen molar-refractivity contribution in [3.05, 3.63) is 29.6 Å². The van der Waals surface area contributed by atoms with Crippen molar-refractivity contribution in [3.63, 3.8) is 0 Å². The molecule has 1 aromatic rings. The molecule has 0 saturated heterocycles. The summed E-state index contributed by atoms with van der Waals surface area (Å²) in [6.07, 6.45) is 4.67. The first-order valence-electron chi connectivity index (χ1n) is 6.43. The third-order valence-electron chi connectivity index (χ3n) is 3.92. The lowest BCUT2D eigenvalue weighted by molar-refractivity contribution is -0.191. The molecule has 108 valence electrons. The Morgan fingerprint density at radius 2 is 2.15 bits per heavy atom. The van der Waals surface area contributed by atoms with Gasteiger partial charge in [0.1, 0.15) is 17.2 Å². The molecule has 1 aliphatic heterocycles. The summed E-state index contributed by atoms with van der Waals surface area (Å²) in [5.74, 6) is 1.79. The van der Waals surface area contributed by atoms with Crippen LogP contribution in [-0.4, -0.2) is 17.5 Å².